The molecule has 1 aliphatic carbocycles. The van der Waals surface area contributed by atoms with Crippen molar-refractivity contribution in [2.75, 3.05) is 16.9 Å². The molecule has 2 amide bonds. The Morgan fingerprint density at radius 1 is 1.12 bits per heavy atom. The number of rotatable bonds is 9. The van der Waals surface area contributed by atoms with Crippen LogP contribution in [0.15, 0.2) is 23.6 Å². The van der Waals surface area contributed by atoms with E-state index >= 15 is 0 Å². The van der Waals surface area contributed by atoms with Crippen molar-refractivity contribution in [1.82, 2.24) is 9.71 Å². The summed E-state index contributed by atoms with van der Waals surface area (Å²) in [6.07, 6.45) is 4.39. The van der Waals surface area contributed by atoms with E-state index in [4.69, 9.17) is 0 Å². The molecule has 0 atom stereocenters. The van der Waals surface area contributed by atoms with Gasteiger partial charge in [0, 0.05) is 16.9 Å². The Balaban J connectivity index is 1.58. The van der Waals surface area contributed by atoms with Crippen molar-refractivity contribution in [3.05, 3.63) is 40.4 Å². The third kappa shape index (κ3) is 6.94. The summed E-state index contributed by atoms with van der Waals surface area (Å²) in [4.78, 5) is 41.7. The lowest BCUT2D eigenvalue weighted by Gasteiger charge is -2.14. The maximum atomic E-state index is 12.9. The van der Waals surface area contributed by atoms with Crippen LogP contribution in [0.2, 0.25) is 0 Å². The number of hydrogen-bond acceptors (Lipinski definition) is 7. The second kappa shape index (κ2) is 10.3. The van der Waals surface area contributed by atoms with Crippen molar-refractivity contribution in [1.29, 1.82) is 0 Å². The minimum absolute atomic E-state index is 0.0108. The van der Waals surface area contributed by atoms with Crippen LogP contribution in [0.3, 0.4) is 0 Å². The number of nitrogens with one attached hydrogen (secondary N) is 3. The van der Waals surface area contributed by atoms with Gasteiger partial charge in [0.15, 0.2) is 10.9 Å². The van der Waals surface area contributed by atoms with Gasteiger partial charge in [-0.25, -0.2) is 18.1 Å². The van der Waals surface area contributed by atoms with Gasteiger partial charge < -0.3 is 10.6 Å². The van der Waals surface area contributed by atoms with Crippen LogP contribution in [-0.4, -0.2) is 37.3 Å². The molecule has 3 N–H and O–H groups in total. The zero-order valence-corrected chi connectivity index (χ0v) is 19.6. The molecule has 1 fully saturated rings. The van der Waals surface area contributed by atoms with E-state index in [1.807, 2.05) is 13.0 Å². The van der Waals surface area contributed by atoms with Gasteiger partial charge in [0.05, 0.1) is 24.2 Å². The van der Waals surface area contributed by atoms with Crippen molar-refractivity contribution in [2.45, 2.75) is 45.6 Å². The van der Waals surface area contributed by atoms with Crippen LogP contribution in [0.5, 0.6) is 0 Å². The molecule has 2 aromatic rings. The van der Waals surface area contributed by atoms with Gasteiger partial charge in [0.25, 0.3) is 0 Å². The molecule has 1 aromatic carbocycles. The summed E-state index contributed by atoms with van der Waals surface area (Å²) >= 11 is 1.13. The predicted molar refractivity (Wildman–Crippen MR) is 123 cm³/mol. The minimum Gasteiger partial charge on any atom is -0.325 e. The number of anilines is 2. The summed E-state index contributed by atoms with van der Waals surface area (Å²) in [6, 6.07) is 5.27. The molecule has 11 heteroatoms. The Morgan fingerprint density at radius 2 is 1.81 bits per heavy atom. The summed E-state index contributed by atoms with van der Waals surface area (Å²) in [7, 11) is -3.35. The molecule has 0 radical (unpaired) electrons. The van der Waals surface area contributed by atoms with E-state index in [-0.39, 0.29) is 23.4 Å². The van der Waals surface area contributed by atoms with Crippen molar-refractivity contribution in [3.63, 3.8) is 0 Å². The highest BCUT2D eigenvalue weighted by Gasteiger charge is 2.26. The summed E-state index contributed by atoms with van der Waals surface area (Å²) in [6.45, 7) is 1.90. The van der Waals surface area contributed by atoms with Crippen LogP contribution in [0, 0.1) is 12.8 Å². The largest absolute Gasteiger partial charge is 0.325 e. The van der Waals surface area contributed by atoms with E-state index in [1.54, 1.807) is 17.5 Å². The number of benzene rings is 1. The second-order valence-corrected chi connectivity index (χ2v) is 10.6. The van der Waals surface area contributed by atoms with Gasteiger partial charge in [-0.05, 0) is 31.9 Å². The molecule has 0 bridgehead atoms. The number of aromatic nitrogens is 1. The maximum absolute atomic E-state index is 12.9. The smallest absolute Gasteiger partial charge is 0.235 e. The van der Waals surface area contributed by atoms with Crippen LogP contribution in [0.1, 0.15) is 53.7 Å². The molecule has 0 aliphatic heterocycles. The van der Waals surface area contributed by atoms with Crippen molar-refractivity contribution in [3.8, 4) is 0 Å². The topological polar surface area (TPSA) is 134 Å². The number of carbonyl (C=O) groups is 3. The maximum Gasteiger partial charge on any atom is 0.235 e. The number of sulfonamides is 1. The van der Waals surface area contributed by atoms with Crippen LogP contribution in [0.25, 0.3) is 0 Å². The molecule has 9 nitrogen and oxygen atoms in total. The molecule has 1 saturated carbocycles. The zero-order chi connectivity index (χ0) is 23.3. The van der Waals surface area contributed by atoms with Crippen LogP contribution < -0.4 is 15.4 Å². The molecule has 172 valence electrons. The highest BCUT2D eigenvalue weighted by Crippen LogP contribution is 2.31. The predicted octanol–water partition coefficient (Wildman–Crippen LogP) is 2.84. The van der Waals surface area contributed by atoms with E-state index in [9.17, 15) is 22.8 Å². The third-order valence-electron chi connectivity index (χ3n) is 5.08. The molecule has 1 aliphatic rings. The van der Waals surface area contributed by atoms with Gasteiger partial charge >= 0.3 is 0 Å². The Kier molecular flexibility index (Phi) is 7.75. The minimum atomic E-state index is -3.35. The number of amides is 2. The molecule has 1 heterocycles. The number of carbonyl (C=O) groups excluding carboxylic acids is 3. The molecule has 0 spiro atoms. The fourth-order valence-corrected chi connectivity index (χ4v) is 4.67. The molecule has 0 saturated heterocycles. The van der Waals surface area contributed by atoms with Gasteiger partial charge in [-0.1, -0.05) is 24.5 Å². The number of Topliss-reactive ketones (excluding diaryl/α,β-unsaturated/α-hetero) is 1. The Bertz CT molecular complexity index is 1120. The SMILES string of the molecule is Cc1ccc(NC(=O)CC(=O)Nc2nc(CNS(C)(=O)=O)cs2)c(C(=O)C2CCCC2)c1. The first-order valence-corrected chi connectivity index (χ1v) is 13.0. The molecule has 32 heavy (non-hydrogen) atoms. The van der Waals surface area contributed by atoms with E-state index in [2.05, 4.69) is 20.3 Å². The average molecular weight is 479 g/mol. The van der Waals surface area contributed by atoms with Crippen molar-refractivity contribution < 1.29 is 22.8 Å². The Labute approximate surface area is 191 Å². The first kappa shape index (κ1) is 24.0. The second-order valence-electron chi connectivity index (χ2n) is 7.91. The molecule has 1 aromatic heterocycles. The average Bonchev–Trinajstić information content (AvgIpc) is 3.38. The molecular formula is C21H26N4O5S2. The van der Waals surface area contributed by atoms with Gasteiger partial charge in [-0.15, -0.1) is 11.3 Å². The first-order chi connectivity index (χ1) is 15.1. The number of thiazole rings is 1. The monoisotopic (exact) mass is 478 g/mol. The number of hydrogen-bond donors (Lipinski definition) is 3. The summed E-state index contributed by atoms with van der Waals surface area (Å²) in [5, 5.41) is 7.09. The van der Waals surface area contributed by atoms with Gasteiger partial charge in [0.1, 0.15) is 6.42 Å². The summed E-state index contributed by atoms with van der Waals surface area (Å²) < 4.78 is 24.6. The number of nitrogens with zero attached hydrogens (tertiary/aromatic N) is 1. The molecule has 3 rings (SSSR count). The lowest BCUT2D eigenvalue weighted by molar-refractivity contribution is -0.123. The van der Waals surface area contributed by atoms with Gasteiger partial charge in [-0.2, -0.15) is 0 Å². The Hall–Kier alpha value is -2.63. The van der Waals surface area contributed by atoms with Gasteiger partial charge in [-0.3, -0.25) is 14.4 Å². The lowest BCUT2D eigenvalue weighted by atomic mass is 9.94. The summed E-state index contributed by atoms with van der Waals surface area (Å²) in [5.74, 6) is -1.09. The highest BCUT2D eigenvalue weighted by molar-refractivity contribution is 7.88. The number of ketones is 1. The summed E-state index contributed by atoms with van der Waals surface area (Å²) in [5.41, 5.74) is 2.27. The van der Waals surface area contributed by atoms with E-state index < -0.39 is 28.3 Å². The zero-order valence-electron chi connectivity index (χ0n) is 17.9. The molecule has 0 unspecified atom stereocenters. The van der Waals surface area contributed by atoms with Crippen LogP contribution in [-0.2, 0) is 26.2 Å². The van der Waals surface area contributed by atoms with E-state index in [0.29, 0.717) is 16.9 Å². The van der Waals surface area contributed by atoms with Crippen LogP contribution in [0.4, 0.5) is 10.8 Å². The normalized spacial score (nSPS) is 14.3. The fourth-order valence-electron chi connectivity index (χ4n) is 3.53. The number of aryl methyl sites for hydroxylation is 1. The quantitative estimate of drug-likeness (QED) is 0.375. The standard InChI is InChI=1S/C21H26N4O5S2/c1-13-7-8-17(16(9-13)20(28)14-5-3-4-6-14)24-18(26)10-19(27)25-21-23-15(12-31-21)11-22-32(2,29)30/h7-9,12,14,22H,3-6,10-11H2,1-2H3,(H,24,26)(H,23,25,27). The third-order valence-corrected chi connectivity index (χ3v) is 6.55. The van der Waals surface area contributed by atoms with E-state index in [1.165, 1.54) is 0 Å². The van der Waals surface area contributed by atoms with E-state index in [0.717, 1.165) is 48.8 Å². The van der Waals surface area contributed by atoms with Crippen molar-refractivity contribution in [2.24, 2.45) is 5.92 Å². The Morgan fingerprint density at radius 3 is 2.50 bits per heavy atom. The first-order valence-electron chi connectivity index (χ1n) is 10.2. The molecular weight excluding hydrogens is 452 g/mol. The fraction of sp³-hybridized carbons (Fsp3) is 0.429. The van der Waals surface area contributed by atoms with Gasteiger partial charge in [0.2, 0.25) is 21.8 Å². The highest BCUT2D eigenvalue weighted by atomic mass is 32.2. The lowest BCUT2D eigenvalue weighted by Crippen LogP contribution is -2.23. The van der Waals surface area contributed by atoms with Crippen molar-refractivity contribution >= 4 is 49.8 Å². The van der Waals surface area contributed by atoms with Crippen LogP contribution >= 0.6 is 11.3 Å².